The number of esters is 1. The number of fused-ring (bicyclic) bond motifs is 1. The van der Waals surface area contributed by atoms with Crippen LogP contribution in [0.3, 0.4) is 0 Å². The Balaban J connectivity index is 1.82. The van der Waals surface area contributed by atoms with Crippen molar-refractivity contribution in [1.29, 1.82) is 0 Å². The molecule has 114 valence electrons. The summed E-state index contributed by atoms with van der Waals surface area (Å²) in [6, 6.07) is 5.05. The van der Waals surface area contributed by atoms with Gasteiger partial charge in [-0.1, -0.05) is 11.8 Å². The van der Waals surface area contributed by atoms with E-state index in [-0.39, 0.29) is 11.3 Å². The van der Waals surface area contributed by atoms with Crippen LogP contribution >= 0.6 is 23.1 Å². The summed E-state index contributed by atoms with van der Waals surface area (Å²) < 4.78 is 11.5. The summed E-state index contributed by atoms with van der Waals surface area (Å²) in [5, 5.41) is 3.08. The number of hydrogen-bond acceptors (Lipinski definition) is 7. The van der Waals surface area contributed by atoms with Crippen molar-refractivity contribution < 1.29 is 13.9 Å². The minimum atomic E-state index is -0.512. The van der Waals surface area contributed by atoms with Crippen LogP contribution in [0.4, 0.5) is 0 Å². The van der Waals surface area contributed by atoms with E-state index < -0.39 is 5.97 Å². The molecule has 0 amide bonds. The van der Waals surface area contributed by atoms with Gasteiger partial charge in [0.1, 0.15) is 10.6 Å². The van der Waals surface area contributed by atoms with E-state index in [0.717, 1.165) is 4.83 Å². The summed E-state index contributed by atoms with van der Waals surface area (Å²) in [6.07, 6.45) is 0. The van der Waals surface area contributed by atoms with Crippen molar-refractivity contribution in [1.82, 2.24) is 9.55 Å². The Hall–Kier alpha value is -2.06. The number of ether oxygens (including phenoxy) is 1. The van der Waals surface area contributed by atoms with Crippen LogP contribution < -0.4 is 5.56 Å². The van der Waals surface area contributed by atoms with Gasteiger partial charge in [0.2, 0.25) is 5.76 Å². The highest BCUT2D eigenvalue weighted by molar-refractivity contribution is 7.98. The number of methoxy groups -OCH3 is 1. The fraction of sp³-hybridized carbons (Fsp3) is 0.214. The first kappa shape index (κ1) is 14.9. The molecule has 22 heavy (non-hydrogen) atoms. The number of carbonyl (C=O) groups is 1. The van der Waals surface area contributed by atoms with Gasteiger partial charge in [0.05, 0.1) is 18.2 Å². The lowest BCUT2D eigenvalue weighted by Crippen LogP contribution is -2.19. The SMILES string of the molecule is COC(=O)c1ccc(CSc2nc3sccc3c(=O)n2C)o1. The molecule has 0 spiro atoms. The zero-order valence-electron chi connectivity index (χ0n) is 11.9. The highest BCUT2D eigenvalue weighted by Crippen LogP contribution is 2.24. The standard InChI is InChI=1S/C14H12N2O4S2/c1-16-12(17)9-5-6-21-11(9)15-14(16)22-7-8-3-4-10(20-8)13(18)19-2/h3-6H,7H2,1-2H3. The van der Waals surface area contributed by atoms with Gasteiger partial charge in [-0.25, -0.2) is 9.78 Å². The average Bonchev–Trinajstić information content (AvgIpc) is 3.17. The molecule has 0 radical (unpaired) electrons. The van der Waals surface area contributed by atoms with E-state index in [1.807, 2.05) is 5.38 Å². The highest BCUT2D eigenvalue weighted by Gasteiger charge is 2.13. The lowest BCUT2D eigenvalue weighted by Gasteiger charge is -2.05. The first-order valence-corrected chi connectivity index (χ1v) is 8.20. The topological polar surface area (TPSA) is 74.3 Å². The summed E-state index contributed by atoms with van der Waals surface area (Å²) in [6.45, 7) is 0. The van der Waals surface area contributed by atoms with E-state index in [1.54, 1.807) is 25.2 Å². The maximum absolute atomic E-state index is 12.2. The number of nitrogens with zero attached hydrogens (tertiary/aromatic N) is 2. The summed E-state index contributed by atoms with van der Waals surface area (Å²) in [5.41, 5.74) is -0.0663. The van der Waals surface area contributed by atoms with Gasteiger partial charge in [-0.15, -0.1) is 11.3 Å². The van der Waals surface area contributed by atoms with Gasteiger partial charge in [-0.3, -0.25) is 9.36 Å². The number of furan rings is 1. The van der Waals surface area contributed by atoms with Gasteiger partial charge >= 0.3 is 5.97 Å². The molecule has 0 aliphatic heterocycles. The number of carbonyl (C=O) groups excluding carboxylic acids is 1. The molecule has 0 aromatic carbocycles. The van der Waals surface area contributed by atoms with E-state index in [9.17, 15) is 9.59 Å². The van der Waals surface area contributed by atoms with Gasteiger partial charge in [-0.2, -0.15) is 0 Å². The van der Waals surface area contributed by atoms with Crippen molar-refractivity contribution in [2.75, 3.05) is 7.11 Å². The molecule has 0 aliphatic rings. The molecule has 3 aromatic rings. The Morgan fingerprint density at radius 2 is 2.27 bits per heavy atom. The monoisotopic (exact) mass is 336 g/mol. The minimum Gasteiger partial charge on any atom is -0.463 e. The Labute approximate surface area is 133 Å². The maximum Gasteiger partial charge on any atom is 0.373 e. The smallest absolute Gasteiger partial charge is 0.373 e. The van der Waals surface area contributed by atoms with Crippen LogP contribution in [0.15, 0.2) is 37.9 Å². The number of aromatic nitrogens is 2. The number of rotatable bonds is 4. The summed E-state index contributed by atoms with van der Waals surface area (Å²) in [4.78, 5) is 28.7. The highest BCUT2D eigenvalue weighted by atomic mass is 32.2. The third kappa shape index (κ3) is 2.67. The average molecular weight is 336 g/mol. The predicted molar refractivity (Wildman–Crippen MR) is 84.5 cm³/mol. The van der Waals surface area contributed by atoms with Gasteiger partial charge in [-0.05, 0) is 23.6 Å². The molecule has 0 N–H and O–H groups in total. The molecule has 3 aromatic heterocycles. The zero-order valence-corrected chi connectivity index (χ0v) is 13.5. The number of thioether (sulfide) groups is 1. The molecule has 0 atom stereocenters. The molecule has 8 heteroatoms. The molecule has 3 heterocycles. The zero-order chi connectivity index (χ0) is 15.7. The van der Waals surface area contributed by atoms with Crippen molar-refractivity contribution >= 4 is 39.3 Å². The van der Waals surface area contributed by atoms with Crippen molar-refractivity contribution in [2.24, 2.45) is 7.05 Å². The van der Waals surface area contributed by atoms with E-state index in [1.165, 1.54) is 34.8 Å². The summed E-state index contributed by atoms with van der Waals surface area (Å²) in [5.74, 6) is 0.732. The molecular formula is C14H12N2O4S2. The normalized spacial score (nSPS) is 11.0. The number of hydrogen-bond donors (Lipinski definition) is 0. The minimum absolute atomic E-state index is 0.0663. The maximum atomic E-state index is 12.2. The Bertz CT molecular complexity index is 894. The largest absolute Gasteiger partial charge is 0.463 e. The summed E-state index contributed by atoms with van der Waals surface area (Å²) >= 11 is 2.81. The molecule has 6 nitrogen and oxygen atoms in total. The Morgan fingerprint density at radius 1 is 1.45 bits per heavy atom. The van der Waals surface area contributed by atoms with Gasteiger partial charge in [0.25, 0.3) is 5.56 Å². The molecule has 0 bridgehead atoms. The molecule has 0 fully saturated rings. The van der Waals surface area contributed by atoms with Crippen LogP contribution in [0, 0.1) is 0 Å². The first-order valence-electron chi connectivity index (χ1n) is 6.34. The van der Waals surface area contributed by atoms with Crippen LogP contribution in [0.5, 0.6) is 0 Å². The van der Waals surface area contributed by atoms with Gasteiger partial charge in [0.15, 0.2) is 5.16 Å². The van der Waals surface area contributed by atoms with Crippen LogP contribution in [0.1, 0.15) is 16.3 Å². The molecule has 0 saturated carbocycles. The van der Waals surface area contributed by atoms with Crippen molar-refractivity contribution in [3.63, 3.8) is 0 Å². The van der Waals surface area contributed by atoms with Crippen molar-refractivity contribution in [3.8, 4) is 0 Å². The van der Waals surface area contributed by atoms with Crippen LogP contribution in [0.25, 0.3) is 10.2 Å². The van der Waals surface area contributed by atoms with Crippen molar-refractivity contribution in [2.45, 2.75) is 10.9 Å². The van der Waals surface area contributed by atoms with E-state index in [2.05, 4.69) is 9.72 Å². The number of thiophene rings is 1. The lowest BCUT2D eigenvalue weighted by molar-refractivity contribution is 0.0563. The molecule has 0 aliphatic carbocycles. The third-order valence-electron chi connectivity index (χ3n) is 3.06. The Morgan fingerprint density at radius 3 is 3.05 bits per heavy atom. The first-order chi connectivity index (χ1) is 10.6. The molecule has 3 rings (SSSR count). The molecular weight excluding hydrogens is 324 g/mol. The molecule has 0 unspecified atom stereocenters. The summed E-state index contributed by atoms with van der Waals surface area (Å²) in [7, 11) is 2.99. The third-order valence-corrected chi connectivity index (χ3v) is 4.91. The second-order valence-electron chi connectivity index (χ2n) is 4.44. The van der Waals surface area contributed by atoms with Gasteiger partial charge < -0.3 is 9.15 Å². The lowest BCUT2D eigenvalue weighted by atomic mass is 10.4. The van der Waals surface area contributed by atoms with Crippen LogP contribution in [0.2, 0.25) is 0 Å². The van der Waals surface area contributed by atoms with Crippen LogP contribution in [-0.4, -0.2) is 22.6 Å². The predicted octanol–water partition coefficient (Wildman–Crippen LogP) is 2.67. The fourth-order valence-electron chi connectivity index (χ4n) is 1.91. The fourth-order valence-corrected chi connectivity index (χ4v) is 3.58. The van der Waals surface area contributed by atoms with E-state index in [0.29, 0.717) is 22.1 Å². The quantitative estimate of drug-likeness (QED) is 0.414. The van der Waals surface area contributed by atoms with E-state index in [4.69, 9.17) is 4.42 Å². The molecule has 0 saturated heterocycles. The van der Waals surface area contributed by atoms with E-state index >= 15 is 0 Å². The second kappa shape index (κ2) is 5.98. The van der Waals surface area contributed by atoms with Gasteiger partial charge in [0, 0.05) is 7.05 Å². The second-order valence-corrected chi connectivity index (χ2v) is 6.28. The van der Waals surface area contributed by atoms with Crippen LogP contribution in [-0.2, 0) is 17.5 Å². The van der Waals surface area contributed by atoms with Crippen molar-refractivity contribution in [3.05, 3.63) is 45.5 Å². The Kier molecular flexibility index (Phi) is 4.04.